The van der Waals surface area contributed by atoms with E-state index in [0.717, 1.165) is 56.9 Å². The van der Waals surface area contributed by atoms with Crippen molar-refractivity contribution in [1.29, 1.82) is 15.8 Å². The maximum atomic E-state index is 14.7. The predicted molar refractivity (Wildman–Crippen MR) is 411 cm³/mol. The number of anilines is 3. The highest BCUT2D eigenvalue weighted by molar-refractivity contribution is 5.97. The molecule has 3 aliphatic carbocycles. The third-order valence-electron chi connectivity index (χ3n) is 21.1. The number of rotatable bonds is 21. The van der Waals surface area contributed by atoms with Gasteiger partial charge in [-0.05, 0) is 167 Å². The first-order valence-corrected chi connectivity index (χ1v) is 37.5. The van der Waals surface area contributed by atoms with Gasteiger partial charge in [-0.3, -0.25) is 48.4 Å². The average Bonchev–Trinajstić information content (AvgIpc) is 1.43. The number of nitrogens with zero attached hydrogens (tertiary/aromatic N) is 11. The fourth-order valence-electron chi connectivity index (χ4n) is 14.6. The highest BCUT2D eigenvalue weighted by Gasteiger charge is 2.51. The number of aryl methyl sites for hydroxylation is 1. The van der Waals surface area contributed by atoms with Crippen LogP contribution < -0.4 is 30.2 Å². The van der Waals surface area contributed by atoms with Crippen molar-refractivity contribution in [2.45, 2.75) is 92.6 Å². The molecule has 7 heterocycles. The molecule has 0 spiro atoms. The van der Waals surface area contributed by atoms with Crippen molar-refractivity contribution >= 4 is 52.5 Å². The average molecular weight is 1580 g/mol. The van der Waals surface area contributed by atoms with E-state index in [1.54, 1.807) is 133 Å². The SMILES string of the molecule is Cn1cc([C@@H]2C[C@H]2C(=O)Nc2ccnc(-c3ccc(O[C@H]4CCN(C(=O)CO)C[C@H]4F)c(C#N)c3)c2)cn1.N#Cc1cc(-c2cccc(NC(=O)[C@@H]3C[C@H]3c3cccnc3)c2)ccc1O[C@H]1CCN(C(=O)CO)CC1(F)F.N#Cc1cc(-c2cccc(NC(=O)[C@H]3C[C@@H]3c3cccnc3)c2)ccc1O[C@H]1CCN(C(=O)CO)CC1(F)F. The standard InChI is InChI=1S/2C29H26F2N4O4.C27H27FN6O4/c2*30-29(31)17-35(27(37)16-36)10-8-26(29)39-25-7-6-19(11-21(25)14-32)18-3-1-5-22(12-18)34-28(38)24-13-23(24)20-4-2-9-33-15-20;1-33-13-18(12-31-33)20-10-21(20)27(37)32-19-4-6-30-23(9-19)16-2-3-24(17(8-16)11-29)38-25-5-7-34(14-22(25)28)26(36)15-35/h2*1-7,9,11-12,15,23-24,26,36H,8,10,13,16-17H2,(H,34,38);2-4,6,8-9,12-13,20-22,25,35H,5,7,10,14-15H2,1H3,(H,30,32,37)/t23-,24+,26+;23-,24+,26-;20-,21+,22+,25-/m100/s1. The number of hydrogen-bond donors (Lipinski definition) is 6. The second-order valence-electron chi connectivity index (χ2n) is 29.1. The van der Waals surface area contributed by atoms with E-state index in [1.807, 2.05) is 61.8 Å². The number of aliphatic hydroxyl groups excluding tert-OH is 3. The number of aromatic nitrogens is 5. The fourth-order valence-corrected chi connectivity index (χ4v) is 14.6. The largest absolute Gasteiger partial charge is 0.486 e. The number of pyridine rings is 3. The van der Waals surface area contributed by atoms with Gasteiger partial charge in [0.25, 0.3) is 0 Å². The van der Waals surface area contributed by atoms with Crippen molar-refractivity contribution in [3.63, 3.8) is 0 Å². The minimum atomic E-state index is -3.35. The van der Waals surface area contributed by atoms with Crippen molar-refractivity contribution in [3.05, 3.63) is 216 Å². The Bertz CT molecular complexity index is 5060. The first-order chi connectivity index (χ1) is 55.9. The maximum Gasteiger partial charge on any atom is 0.301 e. The van der Waals surface area contributed by atoms with E-state index in [9.17, 15) is 66.5 Å². The van der Waals surface area contributed by atoms with E-state index in [2.05, 4.69) is 42.1 Å². The Morgan fingerprint density at radius 3 is 1.34 bits per heavy atom. The molecular formula is C85H79F5N14O12. The molecule has 0 bridgehead atoms. The number of benzene rings is 5. The second kappa shape index (κ2) is 35.6. The van der Waals surface area contributed by atoms with Gasteiger partial charge in [0.1, 0.15) is 61.4 Å². The van der Waals surface area contributed by atoms with Crippen LogP contribution in [0.25, 0.3) is 33.5 Å². The summed E-state index contributed by atoms with van der Waals surface area (Å²) < 4.78 is 92.1. The number of nitrogens with one attached hydrogen (secondary N) is 3. The Kier molecular flexibility index (Phi) is 24.8. The number of aliphatic hydroxyl groups is 3. The van der Waals surface area contributed by atoms with Gasteiger partial charge in [0.15, 0.2) is 18.4 Å². The van der Waals surface area contributed by atoms with Gasteiger partial charge in [-0.2, -0.15) is 20.9 Å². The normalized spacial score (nSPS) is 21.8. The van der Waals surface area contributed by atoms with E-state index in [4.69, 9.17) is 29.5 Å². The smallest absolute Gasteiger partial charge is 0.301 e. The molecule has 6 amide bonds. The molecule has 116 heavy (non-hydrogen) atoms. The van der Waals surface area contributed by atoms with Crippen LogP contribution in [0.3, 0.4) is 0 Å². The molecule has 31 heteroatoms. The molecule has 6 N–H and O–H groups in total. The lowest BCUT2D eigenvalue weighted by Crippen LogP contribution is -2.55. The molecule has 6 fully saturated rings. The lowest BCUT2D eigenvalue weighted by atomic mass is 10.0. The summed E-state index contributed by atoms with van der Waals surface area (Å²) in [6.07, 6.45) is 9.22. The Labute approximate surface area is 662 Å². The highest BCUT2D eigenvalue weighted by atomic mass is 19.3. The molecule has 15 rings (SSSR count). The number of hydrogen-bond acceptors (Lipinski definition) is 19. The van der Waals surface area contributed by atoms with Gasteiger partial charge in [-0.25, -0.2) is 22.0 Å². The van der Waals surface area contributed by atoms with Crippen LogP contribution in [-0.4, -0.2) is 186 Å². The van der Waals surface area contributed by atoms with Crippen LogP contribution in [0.2, 0.25) is 0 Å². The summed E-state index contributed by atoms with van der Waals surface area (Å²) in [5.74, 6) is -8.55. The molecule has 0 unspecified atom stereocenters. The number of amides is 6. The molecule has 0 radical (unpaired) electrons. The molecule has 9 aromatic rings. The molecule has 10 atom stereocenters. The zero-order chi connectivity index (χ0) is 82.0. The Balaban J connectivity index is 0.000000151. The maximum absolute atomic E-state index is 14.7. The molecule has 3 aliphatic heterocycles. The lowest BCUT2D eigenvalue weighted by Gasteiger charge is -2.38. The first-order valence-electron chi connectivity index (χ1n) is 37.5. The molecular weight excluding hydrogens is 1500 g/mol. The van der Waals surface area contributed by atoms with Crippen LogP contribution >= 0.6 is 0 Å². The number of nitriles is 3. The van der Waals surface area contributed by atoms with E-state index in [0.29, 0.717) is 39.4 Å². The zero-order valence-electron chi connectivity index (χ0n) is 62.5. The van der Waals surface area contributed by atoms with E-state index in [-0.39, 0.29) is 133 Å². The number of halogens is 5. The molecule has 5 aromatic carbocycles. The van der Waals surface area contributed by atoms with Crippen molar-refractivity contribution in [2.24, 2.45) is 24.8 Å². The van der Waals surface area contributed by atoms with Gasteiger partial charge >= 0.3 is 11.8 Å². The third-order valence-corrected chi connectivity index (χ3v) is 21.1. The van der Waals surface area contributed by atoms with E-state index >= 15 is 0 Å². The Morgan fingerprint density at radius 2 is 0.914 bits per heavy atom. The van der Waals surface area contributed by atoms with Gasteiger partial charge < -0.3 is 60.2 Å². The molecule has 3 saturated heterocycles. The van der Waals surface area contributed by atoms with Gasteiger partial charge in [-0.15, -0.1) is 0 Å². The first kappa shape index (κ1) is 81.0. The van der Waals surface area contributed by atoms with E-state index < -0.39 is 87.0 Å². The quantitative estimate of drug-likeness (QED) is 0.0364. The van der Waals surface area contributed by atoms with Crippen molar-refractivity contribution in [2.75, 3.05) is 75.0 Å². The Morgan fingerprint density at radius 1 is 0.491 bits per heavy atom. The van der Waals surface area contributed by atoms with Gasteiger partial charge in [-0.1, -0.05) is 48.5 Å². The number of ether oxygens (including phenoxy) is 3. The fraction of sp³-hybridized carbons (Fsp3) is 0.329. The minimum Gasteiger partial charge on any atom is -0.486 e. The predicted octanol–water partition coefficient (Wildman–Crippen LogP) is 10.3. The number of carbonyl (C=O) groups is 6. The number of alkyl halides is 5. The summed E-state index contributed by atoms with van der Waals surface area (Å²) in [4.78, 5) is 88.9. The van der Waals surface area contributed by atoms with Gasteiger partial charge in [0, 0.05) is 124 Å². The van der Waals surface area contributed by atoms with E-state index in [1.165, 1.54) is 17.0 Å². The van der Waals surface area contributed by atoms with Crippen LogP contribution in [0.1, 0.15) is 89.7 Å². The van der Waals surface area contributed by atoms with Crippen molar-refractivity contribution in [1.82, 2.24) is 39.4 Å². The van der Waals surface area contributed by atoms with Gasteiger partial charge in [0.05, 0.1) is 48.2 Å². The van der Waals surface area contributed by atoms with Crippen molar-refractivity contribution < 1.29 is 80.2 Å². The molecule has 4 aromatic heterocycles. The van der Waals surface area contributed by atoms with Gasteiger partial charge in [0.2, 0.25) is 35.4 Å². The van der Waals surface area contributed by atoms with Crippen LogP contribution in [0.15, 0.2) is 183 Å². The second-order valence-corrected chi connectivity index (χ2v) is 29.1. The summed E-state index contributed by atoms with van der Waals surface area (Å²) >= 11 is 0. The summed E-state index contributed by atoms with van der Waals surface area (Å²) in [5, 5.41) is 69.1. The molecule has 26 nitrogen and oxygen atoms in total. The lowest BCUT2D eigenvalue weighted by molar-refractivity contribution is -0.162. The topological polar surface area (TPSA) is 364 Å². The molecule has 6 aliphatic rings. The molecule has 3 saturated carbocycles. The Hall–Kier alpha value is -13.0. The van der Waals surface area contributed by atoms with Crippen LogP contribution in [0, 0.1) is 51.7 Å². The summed E-state index contributed by atoms with van der Waals surface area (Å²) in [6.45, 7) is -3.93. The summed E-state index contributed by atoms with van der Waals surface area (Å²) in [6, 6.07) is 45.9. The zero-order valence-corrected chi connectivity index (χ0v) is 62.5. The summed E-state index contributed by atoms with van der Waals surface area (Å²) in [5.41, 5.74) is 9.33. The van der Waals surface area contributed by atoms with Crippen LogP contribution in [0.4, 0.5) is 39.0 Å². The van der Waals surface area contributed by atoms with Crippen LogP contribution in [0.5, 0.6) is 17.2 Å². The summed E-state index contributed by atoms with van der Waals surface area (Å²) in [7, 11) is 1.85. The number of likely N-dealkylation sites (tertiary alicyclic amines) is 3. The van der Waals surface area contributed by atoms with Crippen molar-refractivity contribution in [3.8, 4) is 69.0 Å². The third kappa shape index (κ3) is 19.4. The monoisotopic (exact) mass is 1580 g/mol. The number of carbonyl (C=O) groups excluding carboxylic acids is 6. The highest BCUT2D eigenvalue weighted by Crippen LogP contribution is 2.50. The number of piperidine rings is 3. The van der Waals surface area contributed by atoms with Crippen LogP contribution in [-0.2, 0) is 35.8 Å². The minimum absolute atomic E-state index is 0.0158. The molecule has 596 valence electrons.